The number of aromatic nitrogens is 3. The molecule has 0 radical (unpaired) electrons. The molecular formula is C13H10N4O4. The van der Waals surface area contributed by atoms with Gasteiger partial charge in [-0.2, -0.15) is 0 Å². The number of amides is 1. The zero-order valence-corrected chi connectivity index (χ0v) is 10.9. The van der Waals surface area contributed by atoms with Gasteiger partial charge in [-0.05, 0) is 12.1 Å². The number of nitrogens with zero attached hydrogens (tertiary/aromatic N) is 3. The van der Waals surface area contributed by atoms with Crippen LogP contribution in [0.5, 0.6) is 6.01 Å². The molecule has 0 fully saturated rings. The van der Waals surface area contributed by atoms with E-state index in [-0.39, 0.29) is 11.7 Å². The highest BCUT2D eigenvalue weighted by atomic mass is 16.5. The summed E-state index contributed by atoms with van der Waals surface area (Å²) in [6.07, 6.45) is 4.36. The van der Waals surface area contributed by atoms with Crippen molar-refractivity contribution in [2.75, 3.05) is 12.4 Å². The lowest BCUT2D eigenvalue weighted by atomic mass is 10.3. The van der Waals surface area contributed by atoms with E-state index >= 15 is 0 Å². The van der Waals surface area contributed by atoms with Crippen LogP contribution in [0.15, 0.2) is 45.8 Å². The molecule has 3 heterocycles. The molecule has 21 heavy (non-hydrogen) atoms. The molecule has 0 aliphatic carbocycles. The number of furan rings is 1. The third-order valence-corrected chi connectivity index (χ3v) is 2.58. The van der Waals surface area contributed by atoms with Crippen LogP contribution < -0.4 is 10.1 Å². The van der Waals surface area contributed by atoms with Crippen molar-refractivity contribution >= 4 is 11.6 Å². The molecule has 8 heteroatoms. The maximum absolute atomic E-state index is 12.0. The maximum Gasteiger partial charge on any atom is 0.316 e. The summed E-state index contributed by atoms with van der Waals surface area (Å²) in [7, 11) is 1.46. The molecule has 3 aromatic rings. The average molecular weight is 286 g/mol. The van der Waals surface area contributed by atoms with Gasteiger partial charge in [0.1, 0.15) is 0 Å². The van der Waals surface area contributed by atoms with Crippen LogP contribution in [0, 0.1) is 0 Å². The lowest BCUT2D eigenvalue weighted by Gasteiger charge is -2.02. The van der Waals surface area contributed by atoms with E-state index in [9.17, 15) is 4.79 Å². The van der Waals surface area contributed by atoms with Crippen LogP contribution in [-0.2, 0) is 0 Å². The van der Waals surface area contributed by atoms with E-state index in [0.29, 0.717) is 17.2 Å². The highest BCUT2D eigenvalue weighted by Gasteiger charge is 2.15. The highest BCUT2D eigenvalue weighted by molar-refractivity contribution is 6.03. The predicted octanol–water partition coefficient (Wildman–Crippen LogP) is 1.99. The molecule has 1 amide bonds. The topological polar surface area (TPSA) is 103 Å². The summed E-state index contributed by atoms with van der Waals surface area (Å²) in [5.74, 6) is 0.427. The number of ether oxygens (including phenoxy) is 1. The molecule has 0 aromatic carbocycles. The minimum Gasteiger partial charge on any atom is -0.467 e. The Hall–Kier alpha value is -3.16. The van der Waals surface area contributed by atoms with Crippen molar-refractivity contribution in [3.05, 3.63) is 42.5 Å². The van der Waals surface area contributed by atoms with Crippen LogP contribution in [0.2, 0.25) is 0 Å². The Balaban J connectivity index is 1.73. The molecule has 0 aliphatic heterocycles. The van der Waals surface area contributed by atoms with E-state index in [1.54, 1.807) is 12.1 Å². The number of hydrogen-bond acceptors (Lipinski definition) is 7. The van der Waals surface area contributed by atoms with Gasteiger partial charge in [0.25, 0.3) is 5.91 Å². The monoisotopic (exact) mass is 286 g/mol. The van der Waals surface area contributed by atoms with Crippen molar-refractivity contribution in [3.8, 4) is 17.5 Å². The fourth-order valence-corrected chi connectivity index (χ4v) is 1.60. The molecule has 1 N–H and O–H groups in total. The number of anilines is 1. The summed E-state index contributed by atoms with van der Waals surface area (Å²) < 4.78 is 15.0. The molecule has 3 aromatic heterocycles. The molecule has 0 aliphatic rings. The number of rotatable bonds is 4. The van der Waals surface area contributed by atoms with Crippen molar-refractivity contribution in [2.45, 2.75) is 0 Å². The summed E-state index contributed by atoms with van der Waals surface area (Å²) >= 11 is 0. The average Bonchev–Trinajstić information content (AvgIpc) is 3.19. The fraction of sp³-hybridized carbons (Fsp3) is 0.0769. The third-order valence-electron chi connectivity index (χ3n) is 2.58. The van der Waals surface area contributed by atoms with Crippen molar-refractivity contribution in [3.63, 3.8) is 0 Å². The Morgan fingerprint density at radius 2 is 2.10 bits per heavy atom. The number of methoxy groups -OCH3 is 1. The summed E-state index contributed by atoms with van der Waals surface area (Å²) in [5, 5.41) is 6.28. The van der Waals surface area contributed by atoms with Gasteiger partial charge in [0, 0.05) is 6.07 Å². The van der Waals surface area contributed by atoms with Gasteiger partial charge in [0.05, 0.1) is 31.5 Å². The Morgan fingerprint density at radius 3 is 2.76 bits per heavy atom. The molecule has 0 spiro atoms. The van der Waals surface area contributed by atoms with Crippen molar-refractivity contribution in [1.82, 2.24) is 15.1 Å². The maximum atomic E-state index is 12.0. The molecule has 8 nitrogen and oxygen atoms in total. The highest BCUT2D eigenvalue weighted by Crippen LogP contribution is 2.21. The van der Waals surface area contributed by atoms with Gasteiger partial charge in [-0.15, -0.1) is 0 Å². The summed E-state index contributed by atoms with van der Waals surface area (Å²) in [5.41, 5.74) is 0.542. The van der Waals surface area contributed by atoms with E-state index < -0.39 is 5.91 Å². The zero-order chi connectivity index (χ0) is 14.7. The quantitative estimate of drug-likeness (QED) is 0.782. The lowest BCUT2D eigenvalue weighted by Crippen LogP contribution is -2.12. The first-order valence-corrected chi connectivity index (χ1v) is 5.94. The SMILES string of the molecule is COc1ncc(NC(=O)c2cc(-c3ccco3)on2)cn1. The Labute approximate surface area is 118 Å². The van der Waals surface area contributed by atoms with Crippen LogP contribution in [-0.4, -0.2) is 28.1 Å². The summed E-state index contributed by atoms with van der Waals surface area (Å²) in [4.78, 5) is 19.8. The third kappa shape index (κ3) is 2.73. The normalized spacial score (nSPS) is 10.3. The smallest absolute Gasteiger partial charge is 0.316 e. The van der Waals surface area contributed by atoms with Gasteiger partial charge in [-0.25, -0.2) is 9.97 Å². The molecule has 0 unspecified atom stereocenters. The van der Waals surface area contributed by atoms with Gasteiger partial charge in [-0.3, -0.25) is 4.79 Å². The minimum atomic E-state index is -0.440. The molecule has 0 bridgehead atoms. The second kappa shape index (κ2) is 5.45. The van der Waals surface area contributed by atoms with Gasteiger partial charge in [0.15, 0.2) is 11.5 Å². The fourth-order valence-electron chi connectivity index (χ4n) is 1.60. The van der Waals surface area contributed by atoms with Crippen molar-refractivity contribution in [1.29, 1.82) is 0 Å². The van der Waals surface area contributed by atoms with Crippen molar-refractivity contribution in [2.24, 2.45) is 0 Å². The van der Waals surface area contributed by atoms with Crippen LogP contribution in [0.4, 0.5) is 5.69 Å². The van der Waals surface area contributed by atoms with E-state index in [0.717, 1.165) is 0 Å². The van der Waals surface area contributed by atoms with Gasteiger partial charge in [-0.1, -0.05) is 5.16 Å². The van der Waals surface area contributed by atoms with E-state index in [1.807, 2.05) is 0 Å². The largest absolute Gasteiger partial charge is 0.467 e. The summed E-state index contributed by atoms with van der Waals surface area (Å²) in [6.45, 7) is 0. The molecule has 106 valence electrons. The number of hydrogen-bond donors (Lipinski definition) is 1. The standard InChI is InChI=1S/C13H10N4O4/c1-19-13-14-6-8(7-15-13)16-12(18)9-5-11(21-17-9)10-3-2-4-20-10/h2-7H,1H3,(H,16,18). The molecule has 3 rings (SSSR count). The number of carbonyl (C=O) groups excluding carboxylic acids is 1. The first kappa shape index (κ1) is 12.9. The van der Waals surface area contributed by atoms with Crippen LogP contribution in [0.1, 0.15) is 10.5 Å². The molecular weight excluding hydrogens is 276 g/mol. The van der Waals surface area contributed by atoms with E-state index in [4.69, 9.17) is 13.7 Å². The second-order valence-electron chi connectivity index (χ2n) is 3.97. The van der Waals surface area contributed by atoms with E-state index in [2.05, 4.69) is 20.4 Å². The van der Waals surface area contributed by atoms with Gasteiger partial charge >= 0.3 is 6.01 Å². The lowest BCUT2D eigenvalue weighted by molar-refractivity contribution is 0.101. The Kier molecular flexibility index (Phi) is 3.34. The van der Waals surface area contributed by atoms with Gasteiger partial charge < -0.3 is 19.0 Å². The predicted molar refractivity (Wildman–Crippen MR) is 70.7 cm³/mol. The van der Waals surface area contributed by atoms with Crippen LogP contribution in [0.25, 0.3) is 11.5 Å². The molecule has 0 atom stereocenters. The Morgan fingerprint density at radius 1 is 1.29 bits per heavy atom. The molecule has 0 saturated carbocycles. The zero-order valence-electron chi connectivity index (χ0n) is 10.9. The van der Waals surface area contributed by atoms with Crippen LogP contribution in [0.3, 0.4) is 0 Å². The van der Waals surface area contributed by atoms with E-state index in [1.165, 1.54) is 31.8 Å². The first-order chi connectivity index (χ1) is 10.3. The Bertz CT molecular complexity index is 734. The first-order valence-electron chi connectivity index (χ1n) is 5.94. The van der Waals surface area contributed by atoms with Gasteiger partial charge in [0.2, 0.25) is 5.76 Å². The number of carbonyl (C=O) groups is 1. The second-order valence-corrected chi connectivity index (χ2v) is 3.97. The number of nitrogens with one attached hydrogen (secondary N) is 1. The summed E-state index contributed by atoms with van der Waals surface area (Å²) in [6, 6.07) is 5.12. The minimum absolute atomic E-state index is 0.122. The van der Waals surface area contributed by atoms with Crippen LogP contribution >= 0.6 is 0 Å². The molecule has 0 saturated heterocycles. The van der Waals surface area contributed by atoms with Crippen molar-refractivity contribution < 1.29 is 18.5 Å².